The quantitative estimate of drug-likeness (QED) is 0.762. The molecule has 1 aromatic rings. The number of hydrogen-bond acceptors (Lipinski definition) is 2. The van der Waals surface area contributed by atoms with Crippen LogP contribution in [0.15, 0.2) is 12.5 Å². The van der Waals surface area contributed by atoms with Gasteiger partial charge in [-0.15, -0.1) is 0 Å². The average molecular weight is 261 g/mol. The van der Waals surface area contributed by atoms with Crippen molar-refractivity contribution in [2.24, 2.45) is 0 Å². The Labute approximate surface area is 91.2 Å². The van der Waals surface area contributed by atoms with Crippen LogP contribution in [-0.2, 0) is 5.33 Å². The van der Waals surface area contributed by atoms with E-state index in [9.17, 15) is 0 Å². The molecule has 0 aromatic carbocycles. The Morgan fingerprint density at radius 3 is 3.15 bits per heavy atom. The molecule has 0 aliphatic carbocycles. The Kier molecular flexibility index (Phi) is 2.99. The number of aromatic nitrogens is 2. The van der Waals surface area contributed by atoms with Crippen molar-refractivity contribution in [1.82, 2.24) is 9.55 Å². The summed E-state index contributed by atoms with van der Waals surface area (Å²) < 4.78 is 2.27. The number of thioether (sulfide) groups is 1. The molecule has 1 aromatic heterocycles. The maximum Gasteiger partial charge on any atom is 0.0952 e. The zero-order valence-corrected chi connectivity index (χ0v) is 10.0. The van der Waals surface area contributed by atoms with Crippen molar-refractivity contribution < 1.29 is 0 Å². The summed E-state index contributed by atoms with van der Waals surface area (Å²) in [5.74, 6) is 1.29. The molecule has 2 nitrogen and oxygen atoms in total. The Balaban J connectivity index is 2.15. The molecule has 1 saturated heterocycles. The van der Waals surface area contributed by atoms with Crippen LogP contribution in [0.1, 0.15) is 25.1 Å². The Morgan fingerprint density at radius 2 is 2.62 bits per heavy atom. The second-order valence-corrected chi connectivity index (χ2v) is 5.42. The number of imidazole rings is 1. The van der Waals surface area contributed by atoms with E-state index >= 15 is 0 Å². The second-order valence-electron chi connectivity index (χ2n) is 3.38. The summed E-state index contributed by atoms with van der Waals surface area (Å²) in [5, 5.41) is 1.59. The lowest BCUT2D eigenvalue weighted by Gasteiger charge is -2.15. The first-order valence-electron chi connectivity index (χ1n) is 4.51. The molecular formula is C9H13BrN2S. The van der Waals surface area contributed by atoms with Gasteiger partial charge >= 0.3 is 0 Å². The van der Waals surface area contributed by atoms with E-state index in [1.807, 2.05) is 6.33 Å². The van der Waals surface area contributed by atoms with Crippen molar-refractivity contribution in [2.75, 3.05) is 5.75 Å². The molecule has 1 aliphatic rings. The molecule has 13 heavy (non-hydrogen) atoms. The lowest BCUT2D eigenvalue weighted by molar-refractivity contribution is 0.504. The average Bonchev–Trinajstić information content (AvgIpc) is 2.71. The molecule has 0 bridgehead atoms. The summed E-state index contributed by atoms with van der Waals surface area (Å²) in [4.78, 5) is 4.32. The summed E-state index contributed by atoms with van der Waals surface area (Å²) >= 11 is 5.47. The van der Waals surface area contributed by atoms with E-state index in [0.29, 0.717) is 6.04 Å². The van der Waals surface area contributed by atoms with Crippen LogP contribution in [0, 0.1) is 0 Å². The molecule has 0 N–H and O–H groups in total. The number of alkyl halides is 1. The fourth-order valence-electron chi connectivity index (χ4n) is 1.74. The zero-order valence-electron chi connectivity index (χ0n) is 7.61. The van der Waals surface area contributed by atoms with Gasteiger partial charge in [0.25, 0.3) is 0 Å². The van der Waals surface area contributed by atoms with E-state index in [0.717, 1.165) is 16.3 Å². The topological polar surface area (TPSA) is 17.8 Å². The first kappa shape index (κ1) is 9.59. The number of nitrogens with zero attached hydrogens (tertiary/aromatic N) is 2. The van der Waals surface area contributed by atoms with Crippen LogP contribution >= 0.6 is 27.7 Å². The smallest absolute Gasteiger partial charge is 0.0952 e. The minimum atomic E-state index is 0.658. The van der Waals surface area contributed by atoms with Gasteiger partial charge in [-0.05, 0) is 12.2 Å². The third-order valence-electron chi connectivity index (χ3n) is 2.51. The van der Waals surface area contributed by atoms with Gasteiger partial charge in [-0.25, -0.2) is 4.98 Å². The molecule has 72 valence electrons. The predicted molar refractivity (Wildman–Crippen MR) is 60.4 cm³/mol. The number of halogens is 1. The van der Waals surface area contributed by atoms with E-state index in [1.54, 1.807) is 0 Å². The van der Waals surface area contributed by atoms with Crippen molar-refractivity contribution in [1.29, 1.82) is 0 Å². The molecule has 0 saturated carbocycles. The molecule has 2 unspecified atom stereocenters. The van der Waals surface area contributed by atoms with Crippen LogP contribution in [0.3, 0.4) is 0 Å². The van der Waals surface area contributed by atoms with Crippen molar-refractivity contribution in [2.45, 2.75) is 30.0 Å². The van der Waals surface area contributed by atoms with Crippen LogP contribution in [0.5, 0.6) is 0 Å². The fraction of sp³-hybridized carbons (Fsp3) is 0.667. The Morgan fingerprint density at radius 1 is 1.77 bits per heavy atom. The molecule has 1 aliphatic heterocycles. The monoisotopic (exact) mass is 260 g/mol. The van der Waals surface area contributed by atoms with Gasteiger partial charge < -0.3 is 4.57 Å². The molecule has 2 heterocycles. The van der Waals surface area contributed by atoms with E-state index < -0.39 is 0 Å². The largest absolute Gasteiger partial charge is 0.333 e. The van der Waals surface area contributed by atoms with Crippen molar-refractivity contribution in [3.8, 4) is 0 Å². The fourth-order valence-corrected chi connectivity index (χ4v) is 3.28. The van der Waals surface area contributed by atoms with Crippen molar-refractivity contribution >= 4 is 27.7 Å². The van der Waals surface area contributed by atoms with E-state index in [2.05, 4.69) is 50.4 Å². The van der Waals surface area contributed by atoms with Gasteiger partial charge in [0.2, 0.25) is 0 Å². The van der Waals surface area contributed by atoms with E-state index in [4.69, 9.17) is 0 Å². The first-order valence-corrected chi connectivity index (χ1v) is 6.68. The molecule has 2 rings (SSSR count). The van der Waals surface area contributed by atoms with Crippen molar-refractivity contribution in [3.63, 3.8) is 0 Å². The lowest BCUT2D eigenvalue weighted by Crippen LogP contribution is -2.12. The predicted octanol–water partition coefficient (Wildman–Crippen LogP) is 2.84. The molecule has 0 amide bonds. The Hall–Kier alpha value is 0.0400. The normalized spacial score (nSPS) is 28.2. The van der Waals surface area contributed by atoms with Crippen LogP contribution in [0.4, 0.5) is 0 Å². The molecular weight excluding hydrogens is 248 g/mol. The Bertz CT molecular complexity index is 287. The maximum atomic E-state index is 4.32. The number of hydrogen-bond donors (Lipinski definition) is 0. The highest BCUT2D eigenvalue weighted by molar-refractivity contribution is 9.08. The van der Waals surface area contributed by atoms with Crippen molar-refractivity contribution in [3.05, 3.63) is 18.2 Å². The highest BCUT2D eigenvalue weighted by Gasteiger charge is 2.25. The minimum absolute atomic E-state index is 0.658. The summed E-state index contributed by atoms with van der Waals surface area (Å²) in [6.45, 7) is 2.30. The van der Waals surface area contributed by atoms with Gasteiger partial charge in [0, 0.05) is 22.8 Å². The number of rotatable bonds is 2. The third kappa shape index (κ3) is 1.94. The first-order chi connectivity index (χ1) is 6.31. The second kappa shape index (κ2) is 4.05. The van der Waals surface area contributed by atoms with Crippen LogP contribution in [-0.4, -0.2) is 20.6 Å². The van der Waals surface area contributed by atoms with Gasteiger partial charge in [0.15, 0.2) is 0 Å². The van der Waals surface area contributed by atoms with Gasteiger partial charge in [-0.3, -0.25) is 0 Å². The van der Waals surface area contributed by atoms with Gasteiger partial charge in [0.05, 0.1) is 12.0 Å². The molecule has 1 fully saturated rings. The highest BCUT2D eigenvalue weighted by atomic mass is 79.9. The maximum absolute atomic E-state index is 4.32. The van der Waals surface area contributed by atoms with Gasteiger partial charge in [-0.1, -0.05) is 22.9 Å². The zero-order chi connectivity index (χ0) is 9.26. The SMILES string of the molecule is CC1SCCC1n1cnc(CBr)c1. The summed E-state index contributed by atoms with van der Waals surface area (Å²) in [6, 6.07) is 0.658. The molecule has 0 spiro atoms. The molecule has 2 atom stereocenters. The highest BCUT2D eigenvalue weighted by Crippen LogP contribution is 2.35. The molecule has 0 radical (unpaired) electrons. The summed E-state index contributed by atoms with van der Waals surface area (Å²) in [5.41, 5.74) is 1.13. The molecule has 4 heteroatoms. The third-order valence-corrected chi connectivity index (χ3v) is 4.40. The van der Waals surface area contributed by atoms with Crippen LogP contribution in [0.25, 0.3) is 0 Å². The lowest BCUT2D eigenvalue weighted by atomic mass is 10.2. The van der Waals surface area contributed by atoms with Gasteiger partial charge in [0.1, 0.15) is 0 Å². The van der Waals surface area contributed by atoms with Crippen LogP contribution in [0.2, 0.25) is 0 Å². The summed E-state index contributed by atoms with van der Waals surface area (Å²) in [6.07, 6.45) is 5.40. The van der Waals surface area contributed by atoms with Crippen LogP contribution < -0.4 is 0 Å². The summed E-state index contributed by atoms with van der Waals surface area (Å²) in [7, 11) is 0. The van der Waals surface area contributed by atoms with E-state index in [-0.39, 0.29) is 0 Å². The van der Waals surface area contributed by atoms with E-state index in [1.165, 1.54) is 12.2 Å². The standard InChI is InChI=1S/C9H13BrN2S/c1-7-9(2-3-13-7)12-5-8(4-10)11-6-12/h5-7,9H,2-4H2,1H3. The minimum Gasteiger partial charge on any atom is -0.333 e. The van der Waals surface area contributed by atoms with Gasteiger partial charge in [-0.2, -0.15) is 11.8 Å².